The van der Waals surface area contributed by atoms with Crippen molar-refractivity contribution in [2.24, 2.45) is 0 Å². The van der Waals surface area contributed by atoms with Gasteiger partial charge in [-0.25, -0.2) is 15.0 Å². The molecule has 2 fully saturated rings. The predicted molar refractivity (Wildman–Crippen MR) is 153 cm³/mol. The second-order valence-electron chi connectivity index (χ2n) is 10.3. The van der Waals surface area contributed by atoms with Crippen LogP contribution in [0.5, 0.6) is 0 Å². The maximum absolute atomic E-state index is 13.7. The molecule has 1 aliphatic heterocycles. The number of nitrogens with one attached hydrogen (secondary N) is 3. The van der Waals surface area contributed by atoms with Gasteiger partial charge in [-0.1, -0.05) is 24.3 Å². The average Bonchev–Trinajstić information content (AvgIpc) is 3.72. The first kappa shape index (κ1) is 23.6. The number of carbonyl (C=O) groups is 1. The molecule has 3 heterocycles. The predicted octanol–water partition coefficient (Wildman–Crippen LogP) is 5.52. The lowest BCUT2D eigenvalue weighted by Crippen LogP contribution is -2.36. The van der Waals surface area contributed by atoms with Gasteiger partial charge in [-0.15, -0.1) is 0 Å². The fraction of sp³-hybridized carbons (Fsp3) is 0.267. The molecule has 39 heavy (non-hydrogen) atoms. The first-order valence-corrected chi connectivity index (χ1v) is 13.4. The quantitative estimate of drug-likeness (QED) is 0.271. The fourth-order valence-electron chi connectivity index (χ4n) is 5.13. The minimum absolute atomic E-state index is 0.216. The average molecular weight is 520 g/mol. The van der Waals surface area contributed by atoms with Crippen molar-refractivity contribution >= 4 is 50.9 Å². The third kappa shape index (κ3) is 4.77. The number of rotatable bonds is 6. The highest BCUT2D eigenvalue weighted by Gasteiger charge is 2.28. The molecule has 3 N–H and O–H groups in total. The number of aromatic nitrogens is 4. The number of amides is 1. The van der Waals surface area contributed by atoms with E-state index in [9.17, 15) is 4.79 Å². The molecular formula is C30H29N7O2. The molecule has 196 valence electrons. The Kier molecular flexibility index (Phi) is 5.85. The van der Waals surface area contributed by atoms with Gasteiger partial charge in [0.1, 0.15) is 11.3 Å². The summed E-state index contributed by atoms with van der Waals surface area (Å²) in [6.07, 6.45) is 4.04. The Labute approximate surface area is 225 Å². The number of fused-ring (bicyclic) bond motifs is 2. The van der Waals surface area contributed by atoms with Crippen LogP contribution in [0, 0.1) is 6.92 Å². The highest BCUT2D eigenvalue weighted by Crippen LogP contribution is 2.40. The molecule has 1 aliphatic carbocycles. The summed E-state index contributed by atoms with van der Waals surface area (Å²) in [6, 6.07) is 17.8. The molecule has 0 spiro atoms. The van der Waals surface area contributed by atoms with Gasteiger partial charge in [0.05, 0.1) is 29.8 Å². The maximum Gasteiger partial charge on any atom is 0.258 e. The fourth-order valence-corrected chi connectivity index (χ4v) is 5.13. The molecule has 1 amide bonds. The smallest absolute Gasteiger partial charge is 0.258 e. The molecule has 0 radical (unpaired) electrons. The van der Waals surface area contributed by atoms with Crippen LogP contribution in [0.25, 0.3) is 21.9 Å². The van der Waals surface area contributed by atoms with E-state index in [4.69, 9.17) is 14.7 Å². The Morgan fingerprint density at radius 3 is 2.69 bits per heavy atom. The number of nitrogens with zero attached hydrogens (tertiary/aromatic N) is 4. The number of aryl methyl sites for hydroxylation is 1. The van der Waals surface area contributed by atoms with Crippen LogP contribution < -0.4 is 15.5 Å². The molecule has 0 atom stereocenters. The number of benzene rings is 3. The zero-order valence-corrected chi connectivity index (χ0v) is 21.7. The highest BCUT2D eigenvalue weighted by atomic mass is 16.5. The van der Waals surface area contributed by atoms with Gasteiger partial charge in [0, 0.05) is 47.7 Å². The number of hydrogen-bond acceptors (Lipinski definition) is 7. The van der Waals surface area contributed by atoms with E-state index in [1.54, 1.807) is 0 Å². The van der Waals surface area contributed by atoms with Crippen LogP contribution in [0.3, 0.4) is 0 Å². The Morgan fingerprint density at radius 2 is 1.85 bits per heavy atom. The van der Waals surface area contributed by atoms with Crippen LogP contribution in [0.15, 0.2) is 60.8 Å². The molecule has 3 aromatic carbocycles. The van der Waals surface area contributed by atoms with E-state index in [0.717, 1.165) is 65.1 Å². The second-order valence-corrected chi connectivity index (χ2v) is 10.3. The molecule has 0 bridgehead atoms. The van der Waals surface area contributed by atoms with Gasteiger partial charge in [0.25, 0.3) is 5.91 Å². The number of para-hydroxylation sites is 1. The molecule has 0 unspecified atom stereocenters. The minimum Gasteiger partial charge on any atom is -0.378 e. The first-order valence-electron chi connectivity index (χ1n) is 13.4. The van der Waals surface area contributed by atoms with E-state index < -0.39 is 0 Å². The second kappa shape index (κ2) is 9.67. The van der Waals surface area contributed by atoms with Crippen molar-refractivity contribution in [1.29, 1.82) is 0 Å². The molecule has 1 saturated carbocycles. The van der Waals surface area contributed by atoms with E-state index in [-0.39, 0.29) is 5.91 Å². The summed E-state index contributed by atoms with van der Waals surface area (Å²) in [5, 5.41) is 7.39. The van der Waals surface area contributed by atoms with Crippen LogP contribution in [-0.2, 0) is 4.74 Å². The van der Waals surface area contributed by atoms with Crippen molar-refractivity contribution in [3.05, 3.63) is 77.7 Å². The zero-order valence-electron chi connectivity index (χ0n) is 21.7. The van der Waals surface area contributed by atoms with E-state index in [1.165, 1.54) is 0 Å². The topological polar surface area (TPSA) is 108 Å². The number of aromatic amines is 1. The summed E-state index contributed by atoms with van der Waals surface area (Å²) in [4.78, 5) is 33.4. The summed E-state index contributed by atoms with van der Waals surface area (Å²) < 4.78 is 5.48. The number of morpholine rings is 1. The van der Waals surface area contributed by atoms with E-state index in [0.29, 0.717) is 41.8 Å². The lowest BCUT2D eigenvalue weighted by atomic mass is 10.1. The van der Waals surface area contributed by atoms with Crippen LogP contribution >= 0.6 is 0 Å². The Balaban J connectivity index is 1.22. The van der Waals surface area contributed by atoms with Crippen LogP contribution in [0.4, 0.5) is 23.0 Å². The zero-order chi connectivity index (χ0) is 26.3. The molecule has 2 aliphatic rings. The number of imidazole rings is 1. The first-order chi connectivity index (χ1) is 19.1. The normalized spacial score (nSPS) is 15.6. The molecule has 9 nitrogen and oxygen atoms in total. The largest absolute Gasteiger partial charge is 0.378 e. The number of ether oxygens (including phenoxy) is 1. The van der Waals surface area contributed by atoms with Crippen molar-refractivity contribution < 1.29 is 9.53 Å². The molecular weight excluding hydrogens is 490 g/mol. The molecule has 5 aromatic rings. The van der Waals surface area contributed by atoms with Gasteiger partial charge < -0.3 is 25.3 Å². The van der Waals surface area contributed by atoms with Gasteiger partial charge in [0.15, 0.2) is 0 Å². The minimum atomic E-state index is -0.216. The van der Waals surface area contributed by atoms with E-state index >= 15 is 0 Å². The summed E-state index contributed by atoms with van der Waals surface area (Å²) in [7, 11) is 0. The van der Waals surface area contributed by atoms with Gasteiger partial charge in [0.2, 0.25) is 5.95 Å². The van der Waals surface area contributed by atoms with Crippen molar-refractivity contribution in [1.82, 2.24) is 19.9 Å². The van der Waals surface area contributed by atoms with Gasteiger partial charge in [-0.3, -0.25) is 4.79 Å². The monoisotopic (exact) mass is 519 g/mol. The third-order valence-corrected chi connectivity index (χ3v) is 7.36. The van der Waals surface area contributed by atoms with Gasteiger partial charge in [-0.05, 0) is 55.7 Å². The molecule has 2 aromatic heterocycles. The summed E-state index contributed by atoms with van der Waals surface area (Å²) in [5.41, 5.74) is 6.46. The van der Waals surface area contributed by atoms with Crippen LogP contribution in [-0.4, -0.2) is 52.1 Å². The summed E-state index contributed by atoms with van der Waals surface area (Å²) in [5.74, 6) is 1.62. The van der Waals surface area contributed by atoms with Crippen molar-refractivity contribution in [3.63, 3.8) is 0 Å². The van der Waals surface area contributed by atoms with Crippen molar-refractivity contribution in [2.75, 3.05) is 41.8 Å². The third-order valence-electron chi connectivity index (χ3n) is 7.36. The van der Waals surface area contributed by atoms with Crippen LogP contribution in [0.1, 0.15) is 40.5 Å². The number of hydrogen-bond donors (Lipinski definition) is 3. The Bertz CT molecular complexity index is 1700. The molecule has 9 heteroatoms. The van der Waals surface area contributed by atoms with Gasteiger partial charge >= 0.3 is 0 Å². The maximum atomic E-state index is 13.7. The van der Waals surface area contributed by atoms with E-state index in [1.807, 2.05) is 61.7 Å². The summed E-state index contributed by atoms with van der Waals surface area (Å²) >= 11 is 0. The summed E-state index contributed by atoms with van der Waals surface area (Å²) in [6.45, 7) is 5.11. The Hall–Kier alpha value is -4.50. The molecule has 1 saturated heterocycles. The number of anilines is 4. The van der Waals surface area contributed by atoms with Crippen molar-refractivity contribution in [3.8, 4) is 0 Å². The van der Waals surface area contributed by atoms with Crippen molar-refractivity contribution in [2.45, 2.75) is 25.7 Å². The number of carbonyl (C=O) groups excluding carboxylic acids is 1. The lowest BCUT2D eigenvalue weighted by Gasteiger charge is -2.29. The SMILES string of the molecule is Cc1cccc2cnc(Nc3cc(C(=O)Nc4cccc(N5CCOCC5)c4)c4nc(C5CC5)[nH]c4c3)nc12. The Morgan fingerprint density at radius 1 is 1.00 bits per heavy atom. The standard InChI is InChI=1S/C30H29N7O2/c1-18-4-2-5-20-17-31-30(36-26(18)20)33-22-15-24(27-25(16-22)34-28(35-27)19-8-9-19)29(38)32-21-6-3-7-23(14-21)37-10-12-39-13-11-37/h2-7,14-17,19H,8-13H2,1H3,(H,32,38)(H,34,35)(H,31,33,36). The van der Waals surface area contributed by atoms with Gasteiger partial charge in [-0.2, -0.15) is 0 Å². The van der Waals surface area contributed by atoms with Crippen LogP contribution in [0.2, 0.25) is 0 Å². The lowest BCUT2D eigenvalue weighted by molar-refractivity contribution is 0.102. The van der Waals surface area contributed by atoms with E-state index in [2.05, 4.69) is 31.6 Å². The number of H-pyrrole nitrogens is 1. The molecule has 7 rings (SSSR count). The highest BCUT2D eigenvalue weighted by molar-refractivity contribution is 6.12.